The van der Waals surface area contributed by atoms with Crippen molar-refractivity contribution in [2.75, 3.05) is 0 Å². The number of rotatable bonds is 2. The van der Waals surface area contributed by atoms with Crippen molar-refractivity contribution in [3.05, 3.63) is 22.2 Å². The predicted molar refractivity (Wildman–Crippen MR) is 77.4 cm³/mol. The quantitative estimate of drug-likeness (QED) is 0.607. The fourth-order valence-corrected chi connectivity index (χ4v) is 3.93. The summed E-state index contributed by atoms with van der Waals surface area (Å²) in [6.45, 7) is 0. The third-order valence-corrected chi connectivity index (χ3v) is 5.43. The van der Waals surface area contributed by atoms with Gasteiger partial charge in [-0.05, 0) is 41.6 Å². The third kappa shape index (κ3) is 3.67. The van der Waals surface area contributed by atoms with Crippen LogP contribution in [0, 0.1) is 5.92 Å². The van der Waals surface area contributed by atoms with E-state index in [1.54, 1.807) is 0 Å². The molecule has 0 aliphatic heterocycles. The van der Waals surface area contributed by atoms with Gasteiger partial charge >= 0.3 is 6.18 Å². The average molecular weight is 399 g/mol. The molecule has 1 aromatic heterocycles. The molecule has 8 heteroatoms. The van der Waals surface area contributed by atoms with E-state index in [4.69, 9.17) is 0 Å². The highest BCUT2D eigenvalue weighted by Crippen LogP contribution is 2.48. The molecule has 2 fully saturated rings. The van der Waals surface area contributed by atoms with Gasteiger partial charge in [-0.15, -0.1) is 0 Å². The Morgan fingerprint density at radius 1 is 1.04 bits per heavy atom. The lowest BCUT2D eigenvalue weighted by atomic mass is 9.79. The van der Waals surface area contributed by atoms with Gasteiger partial charge in [0, 0.05) is 30.9 Å². The van der Waals surface area contributed by atoms with Crippen molar-refractivity contribution in [2.45, 2.75) is 62.5 Å². The van der Waals surface area contributed by atoms with E-state index in [1.165, 1.54) is 6.20 Å². The summed E-state index contributed by atoms with van der Waals surface area (Å²) >= 11 is 3.34. The molecule has 0 N–H and O–H groups in total. The molecule has 2 nitrogen and oxygen atoms in total. The Morgan fingerprint density at radius 3 is 2.17 bits per heavy atom. The highest BCUT2D eigenvalue weighted by atomic mass is 79.9. The maximum Gasteiger partial charge on any atom is 0.391 e. The summed E-state index contributed by atoms with van der Waals surface area (Å²) in [5, 5.41) is 0. The molecular weight excluding hydrogens is 383 g/mol. The molecule has 3 rings (SSSR count). The van der Waals surface area contributed by atoms with Crippen LogP contribution in [0.3, 0.4) is 0 Å². The maximum absolute atomic E-state index is 13.0. The van der Waals surface area contributed by atoms with Crippen LogP contribution >= 0.6 is 15.9 Å². The summed E-state index contributed by atoms with van der Waals surface area (Å²) in [7, 11) is 0. The van der Waals surface area contributed by atoms with Crippen molar-refractivity contribution in [3.63, 3.8) is 0 Å². The minimum absolute atomic E-state index is 0.0784. The van der Waals surface area contributed by atoms with Crippen molar-refractivity contribution >= 4 is 15.9 Å². The van der Waals surface area contributed by atoms with Gasteiger partial charge in [-0.2, -0.15) is 13.2 Å². The zero-order valence-corrected chi connectivity index (χ0v) is 13.8. The van der Waals surface area contributed by atoms with Crippen LogP contribution in [0.1, 0.15) is 61.9 Å². The summed E-state index contributed by atoms with van der Waals surface area (Å²) in [5.41, 5.74) is 0.658. The van der Waals surface area contributed by atoms with E-state index in [9.17, 15) is 22.0 Å². The van der Waals surface area contributed by atoms with Crippen LogP contribution in [0.5, 0.6) is 0 Å². The Labute approximate surface area is 139 Å². The first kappa shape index (κ1) is 17.0. The Bertz CT molecular complexity index is 574. The van der Waals surface area contributed by atoms with Crippen LogP contribution in [-0.2, 0) is 0 Å². The minimum atomic E-state index is -4.14. The van der Waals surface area contributed by atoms with Crippen LogP contribution < -0.4 is 0 Å². The normalized spacial score (nSPS) is 28.4. The Hall–Kier alpha value is -0.790. The van der Waals surface area contributed by atoms with Gasteiger partial charge in [0.2, 0.25) is 5.92 Å². The first-order valence-corrected chi connectivity index (χ1v) is 8.42. The summed E-state index contributed by atoms with van der Waals surface area (Å²) in [6, 6.07) is 0. The average Bonchev–Trinajstić information content (AvgIpc) is 2.44. The van der Waals surface area contributed by atoms with Gasteiger partial charge < -0.3 is 0 Å². The SMILES string of the molecule is FC1(F)CC(c2ncc(Br)c(C3CCC(C(F)(F)F)CC3)n2)C1. The third-order valence-electron chi connectivity index (χ3n) is 4.82. The second kappa shape index (κ2) is 5.93. The molecule has 128 valence electrons. The number of hydrogen-bond acceptors (Lipinski definition) is 2. The van der Waals surface area contributed by atoms with Gasteiger partial charge in [0.05, 0.1) is 16.1 Å². The van der Waals surface area contributed by atoms with Gasteiger partial charge in [-0.1, -0.05) is 0 Å². The maximum atomic E-state index is 13.0. The van der Waals surface area contributed by atoms with Crippen molar-refractivity contribution in [2.24, 2.45) is 5.92 Å². The molecule has 1 heterocycles. The Balaban J connectivity index is 1.71. The molecule has 0 saturated heterocycles. The second-order valence-electron chi connectivity index (χ2n) is 6.51. The van der Waals surface area contributed by atoms with Crippen LogP contribution in [-0.4, -0.2) is 22.1 Å². The van der Waals surface area contributed by atoms with Crippen LogP contribution in [0.25, 0.3) is 0 Å². The van der Waals surface area contributed by atoms with Gasteiger partial charge in [0.15, 0.2) is 0 Å². The molecule has 0 aromatic carbocycles. The van der Waals surface area contributed by atoms with E-state index < -0.39 is 18.0 Å². The Kier molecular flexibility index (Phi) is 4.40. The zero-order valence-electron chi connectivity index (χ0n) is 12.2. The number of aromatic nitrogens is 2. The molecule has 23 heavy (non-hydrogen) atoms. The predicted octanol–water partition coefficient (Wildman–Crippen LogP) is 5.59. The van der Waals surface area contributed by atoms with Crippen LogP contribution in [0.4, 0.5) is 22.0 Å². The summed E-state index contributed by atoms with van der Waals surface area (Å²) in [4.78, 5) is 8.50. The first-order valence-electron chi connectivity index (χ1n) is 7.62. The number of hydrogen-bond donors (Lipinski definition) is 0. The number of alkyl halides is 5. The van der Waals surface area contributed by atoms with Crippen molar-refractivity contribution in [1.82, 2.24) is 9.97 Å². The molecular formula is C15H16BrF5N2. The number of nitrogens with zero attached hydrogens (tertiary/aromatic N) is 2. The molecule has 0 bridgehead atoms. The lowest BCUT2D eigenvalue weighted by Crippen LogP contribution is -2.35. The molecule has 0 atom stereocenters. The fraction of sp³-hybridized carbons (Fsp3) is 0.733. The van der Waals surface area contributed by atoms with Gasteiger partial charge in [0.25, 0.3) is 0 Å². The van der Waals surface area contributed by atoms with E-state index in [0.717, 1.165) is 0 Å². The standard InChI is InChI=1S/C15H16BrF5N2/c16-11-7-22-13(9-5-14(17,18)6-9)23-12(11)8-1-3-10(4-2-8)15(19,20)21/h7-10H,1-6H2. The highest BCUT2D eigenvalue weighted by molar-refractivity contribution is 9.10. The molecule has 1 aromatic rings. The molecule has 2 saturated carbocycles. The van der Waals surface area contributed by atoms with Crippen molar-refractivity contribution in [3.8, 4) is 0 Å². The number of halogens is 6. The van der Waals surface area contributed by atoms with E-state index in [2.05, 4.69) is 25.9 Å². The molecule has 2 aliphatic rings. The molecule has 0 spiro atoms. The van der Waals surface area contributed by atoms with E-state index in [1.807, 2.05) is 0 Å². The Morgan fingerprint density at radius 2 is 1.65 bits per heavy atom. The largest absolute Gasteiger partial charge is 0.391 e. The highest BCUT2D eigenvalue weighted by Gasteiger charge is 2.47. The van der Waals surface area contributed by atoms with E-state index >= 15 is 0 Å². The fourth-order valence-electron chi connectivity index (χ4n) is 3.42. The molecule has 0 unspecified atom stereocenters. The summed E-state index contributed by atoms with van der Waals surface area (Å²) in [5.74, 6) is -3.95. The van der Waals surface area contributed by atoms with Gasteiger partial charge in [-0.3, -0.25) is 0 Å². The second-order valence-corrected chi connectivity index (χ2v) is 7.37. The minimum Gasteiger partial charge on any atom is -0.240 e. The summed E-state index contributed by atoms with van der Waals surface area (Å²) < 4.78 is 64.8. The van der Waals surface area contributed by atoms with Gasteiger partial charge in [-0.25, -0.2) is 18.7 Å². The van der Waals surface area contributed by atoms with Crippen LogP contribution in [0.15, 0.2) is 10.7 Å². The molecule has 0 radical (unpaired) electrons. The van der Waals surface area contributed by atoms with E-state index in [0.29, 0.717) is 28.8 Å². The summed E-state index contributed by atoms with van der Waals surface area (Å²) in [6.07, 6.45) is -2.15. The van der Waals surface area contributed by atoms with Gasteiger partial charge in [0.1, 0.15) is 5.82 Å². The lowest BCUT2D eigenvalue weighted by Gasteiger charge is -2.34. The lowest BCUT2D eigenvalue weighted by molar-refractivity contribution is -0.182. The zero-order chi connectivity index (χ0) is 16.8. The monoisotopic (exact) mass is 398 g/mol. The van der Waals surface area contributed by atoms with Crippen LogP contribution in [0.2, 0.25) is 0 Å². The topological polar surface area (TPSA) is 25.8 Å². The first-order chi connectivity index (χ1) is 10.7. The molecule has 2 aliphatic carbocycles. The van der Waals surface area contributed by atoms with E-state index in [-0.39, 0.29) is 37.5 Å². The van der Waals surface area contributed by atoms with Crippen molar-refractivity contribution < 1.29 is 22.0 Å². The van der Waals surface area contributed by atoms with Crippen molar-refractivity contribution in [1.29, 1.82) is 0 Å². The molecule has 0 amide bonds. The smallest absolute Gasteiger partial charge is 0.240 e.